The Hall–Kier alpha value is -2.14. The van der Waals surface area contributed by atoms with Crippen molar-refractivity contribution in [2.75, 3.05) is 10.7 Å². The fourth-order valence-electron chi connectivity index (χ4n) is 2.16. The summed E-state index contributed by atoms with van der Waals surface area (Å²) in [4.78, 5) is 8.53. The van der Waals surface area contributed by atoms with E-state index in [4.69, 9.17) is 5.84 Å². The largest absolute Gasteiger partial charge is 0.340 e. The average molecular weight is 271 g/mol. The van der Waals surface area contributed by atoms with E-state index in [0.29, 0.717) is 5.82 Å². The first kappa shape index (κ1) is 14.3. The van der Waals surface area contributed by atoms with E-state index in [1.54, 1.807) is 0 Å². The summed E-state index contributed by atoms with van der Waals surface area (Å²) in [6.07, 6.45) is 1.51. The summed E-state index contributed by atoms with van der Waals surface area (Å²) in [6, 6.07) is 6.30. The van der Waals surface area contributed by atoms with E-state index in [2.05, 4.69) is 66.6 Å². The summed E-state index contributed by atoms with van der Waals surface area (Å²) in [6.45, 7) is 8.32. The predicted molar refractivity (Wildman–Crippen MR) is 83.1 cm³/mol. The van der Waals surface area contributed by atoms with Gasteiger partial charge < -0.3 is 10.7 Å². The standard InChI is InChI=1S/C15H21N5/c1-9(2)13-14(17-8-18-15(13)20-16)19-12-7-10(3)5-6-11(12)4/h5-9H,16H2,1-4H3,(H2,17,18,19,20). The Morgan fingerprint density at radius 2 is 1.80 bits per heavy atom. The van der Waals surface area contributed by atoms with Crippen LogP contribution in [0.4, 0.5) is 17.3 Å². The highest BCUT2D eigenvalue weighted by atomic mass is 15.3. The molecule has 0 bridgehead atoms. The van der Waals surface area contributed by atoms with Crippen LogP contribution in [0, 0.1) is 13.8 Å². The number of hydrazine groups is 1. The smallest absolute Gasteiger partial charge is 0.148 e. The van der Waals surface area contributed by atoms with Gasteiger partial charge in [-0.3, -0.25) is 0 Å². The summed E-state index contributed by atoms with van der Waals surface area (Å²) >= 11 is 0. The van der Waals surface area contributed by atoms with E-state index in [9.17, 15) is 0 Å². The molecule has 0 aliphatic rings. The van der Waals surface area contributed by atoms with E-state index in [1.807, 2.05) is 0 Å². The first-order chi connectivity index (χ1) is 9.52. The highest BCUT2D eigenvalue weighted by Crippen LogP contribution is 2.30. The molecule has 0 aliphatic heterocycles. The number of nitrogens with two attached hydrogens (primary N) is 1. The molecule has 0 unspecified atom stereocenters. The molecule has 106 valence electrons. The lowest BCUT2D eigenvalue weighted by atomic mass is 10.0. The van der Waals surface area contributed by atoms with Gasteiger partial charge in [-0.25, -0.2) is 15.8 Å². The zero-order chi connectivity index (χ0) is 14.7. The van der Waals surface area contributed by atoms with Crippen molar-refractivity contribution >= 4 is 17.3 Å². The maximum absolute atomic E-state index is 5.54. The minimum Gasteiger partial charge on any atom is -0.340 e. The topological polar surface area (TPSA) is 75.9 Å². The van der Waals surface area contributed by atoms with E-state index in [0.717, 1.165) is 17.1 Å². The molecule has 1 aromatic carbocycles. The third kappa shape index (κ3) is 2.88. The van der Waals surface area contributed by atoms with Gasteiger partial charge in [-0.2, -0.15) is 0 Å². The zero-order valence-electron chi connectivity index (χ0n) is 12.4. The molecular formula is C15H21N5. The number of hydrogen-bond acceptors (Lipinski definition) is 5. The molecule has 0 saturated heterocycles. The number of anilines is 3. The SMILES string of the molecule is Cc1ccc(C)c(Nc2ncnc(NN)c2C(C)C)c1. The second kappa shape index (κ2) is 5.88. The van der Waals surface area contributed by atoms with Crippen LogP contribution < -0.4 is 16.6 Å². The molecule has 0 fully saturated rings. The van der Waals surface area contributed by atoms with Crippen LogP contribution in [-0.2, 0) is 0 Å². The fraction of sp³-hybridized carbons (Fsp3) is 0.333. The summed E-state index contributed by atoms with van der Waals surface area (Å²) in [5, 5.41) is 3.39. The minimum absolute atomic E-state index is 0.259. The van der Waals surface area contributed by atoms with Crippen LogP contribution in [-0.4, -0.2) is 9.97 Å². The van der Waals surface area contributed by atoms with Crippen molar-refractivity contribution in [1.82, 2.24) is 9.97 Å². The molecule has 5 nitrogen and oxygen atoms in total. The van der Waals surface area contributed by atoms with Crippen molar-refractivity contribution in [2.24, 2.45) is 5.84 Å². The molecule has 5 heteroatoms. The molecule has 1 heterocycles. The van der Waals surface area contributed by atoms with Crippen molar-refractivity contribution in [3.63, 3.8) is 0 Å². The van der Waals surface area contributed by atoms with Gasteiger partial charge in [0.25, 0.3) is 0 Å². The quantitative estimate of drug-likeness (QED) is 0.588. The maximum atomic E-state index is 5.54. The molecule has 0 saturated carbocycles. The average Bonchev–Trinajstić information content (AvgIpc) is 2.42. The molecule has 0 aliphatic carbocycles. The van der Waals surface area contributed by atoms with Crippen molar-refractivity contribution in [1.29, 1.82) is 0 Å². The van der Waals surface area contributed by atoms with Crippen molar-refractivity contribution in [3.8, 4) is 0 Å². The van der Waals surface area contributed by atoms with Gasteiger partial charge in [-0.15, -0.1) is 0 Å². The van der Waals surface area contributed by atoms with Crippen LogP contribution in [0.2, 0.25) is 0 Å². The van der Waals surface area contributed by atoms with Gasteiger partial charge in [0.2, 0.25) is 0 Å². The maximum Gasteiger partial charge on any atom is 0.148 e. The molecule has 1 aromatic heterocycles. The van der Waals surface area contributed by atoms with Crippen LogP contribution in [0.3, 0.4) is 0 Å². The number of nitrogens with one attached hydrogen (secondary N) is 2. The Labute approximate surface area is 119 Å². The molecular weight excluding hydrogens is 250 g/mol. The van der Waals surface area contributed by atoms with Gasteiger partial charge in [0, 0.05) is 11.3 Å². The third-order valence-corrected chi connectivity index (χ3v) is 3.24. The van der Waals surface area contributed by atoms with Gasteiger partial charge >= 0.3 is 0 Å². The summed E-state index contributed by atoms with van der Waals surface area (Å²) in [5.74, 6) is 7.24. The van der Waals surface area contributed by atoms with Crippen LogP contribution in [0.5, 0.6) is 0 Å². The first-order valence-corrected chi connectivity index (χ1v) is 6.68. The Kier molecular flexibility index (Phi) is 4.20. The van der Waals surface area contributed by atoms with Crippen LogP contribution in [0.15, 0.2) is 24.5 Å². The lowest BCUT2D eigenvalue weighted by molar-refractivity contribution is 0.850. The highest BCUT2D eigenvalue weighted by Gasteiger charge is 2.15. The number of aromatic nitrogens is 2. The van der Waals surface area contributed by atoms with Crippen LogP contribution in [0.25, 0.3) is 0 Å². The highest BCUT2D eigenvalue weighted by molar-refractivity contribution is 5.68. The van der Waals surface area contributed by atoms with Gasteiger partial charge in [-0.1, -0.05) is 26.0 Å². The molecule has 2 aromatic rings. The van der Waals surface area contributed by atoms with Crippen molar-refractivity contribution in [2.45, 2.75) is 33.6 Å². The number of rotatable bonds is 4. The predicted octanol–water partition coefficient (Wildman–Crippen LogP) is 3.25. The van der Waals surface area contributed by atoms with Gasteiger partial charge in [0.15, 0.2) is 0 Å². The molecule has 2 rings (SSSR count). The van der Waals surface area contributed by atoms with Gasteiger partial charge in [0.05, 0.1) is 0 Å². The first-order valence-electron chi connectivity index (χ1n) is 6.68. The Bertz CT molecular complexity index is 607. The number of nitrogen functional groups attached to an aromatic ring is 1. The second-order valence-corrected chi connectivity index (χ2v) is 5.23. The number of benzene rings is 1. The van der Waals surface area contributed by atoms with E-state index in [1.165, 1.54) is 17.5 Å². The molecule has 0 spiro atoms. The lowest BCUT2D eigenvalue weighted by Crippen LogP contribution is -2.14. The molecule has 0 atom stereocenters. The van der Waals surface area contributed by atoms with Gasteiger partial charge in [-0.05, 0) is 37.0 Å². The third-order valence-electron chi connectivity index (χ3n) is 3.24. The van der Waals surface area contributed by atoms with Crippen molar-refractivity contribution in [3.05, 3.63) is 41.2 Å². The molecule has 0 radical (unpaired) electrons. The Balaban J connectivity index is 2.45. The fourth-order valence-corrected chi connectivity index (χ4v) is 2.16. The number of aryl methyl sites for hydroxylation is 2. The van der Waals surface area contributed by atoms with Crippen LogP contribution in [0.1, 0.15) is 36.5 Å². The monoisotopic (exact) mass is 271 g/mol. The Morgan fingerprint density at radius 3 is 2.45 bits per heavy atom. The van der Waals surface area contributed by atoms with E-state index < -0.39 is 0 Å². The van der Waals surface area contributed by atoms with Crippen molar-refractivity contribution < 1.29 is 0 Å². The molecule has 20 heavy (non-hydrogen) atoms. The summed E-state index contributed by atoms with van der Waals surface area (Å²) in [5.41, 5.74) is 7.05. The van der Waals surface area contributed by atoms with Crippen LogP contribution >= 0.6 is 0 Å². The zero-order valence-corrected chi connectivity index (χ0v) is 12.4. The minimum atomic E-state index is 0.259. The van der Waals surface area contributed by atoms with E-state index >= 15 is 0 Å². The summed E-state index contributed by atoms with van der Waals surface area (Å²) < 4.78 is 0. The van der Waals surface area contributed by atoms with E-state index in [-0.39, 0.29) is 5.92 Å². The lowest BCUT2D eigenvalue weighted by Gasteiger charge is -2.17. The second-order valence-electron chi connectivity index (χ2n) is 5.23. The number of nitrogens with zero attached hydrogens (tertiary/aromatic N) is 2. The Morgan fingerprint density at radius 1 is 1.10 bits per heavy atom. The number of hydrogen-bond donors (Lipinski definition) is 3. The van der Waals surface area contributed by atoms with Gasteiger partial charge in [0.1, 0.15) is 18.0 Å². The summed E-state index contributed by atoms with van der Waals surface area (Å²) in [7, 11) is 0. The molecule has 4 N–H and O–H groups in total. The molecule has 0 amide bonds. The normalized spacial score (nSPS) is 10.7.